The fourth-order valence-corrected chi connectivity index (χ4v) is 6.67. The first-order valence-electron chi connectivity index (χ1n) is 6.26. The summed E-state index contributed by atoms with van der Waals surface area (Å²) >= 11 is -0.959. The maximum absolute atomic E-state index is 2.77. The average molecular weight is 231 g/mol. The minimum Gasteiger partial charge on any atom is -0.373 e. The maximum Gasteiger partial charge on any atom is 0.417 e. The second-order valence-corrected chi connectivity index (χ2v) is 9.65. The van der Waals surface area contributed by atoms with Crippen molar-refractivity contribution in [3.8, 4) is 0 Å². The quantitative estimate of drug-likeness (QED) is 0.672. The Balaban J connectivity index is 2.42. The average Bonchev–Trinajstić information content (AvgIpc) is 2.55. The van der Waals surface area contributed by atoms with E-state index in [0.29, 0.717) is 5.54 Å². The highest BCUT2D eigenvalue weighted by atomic mass is 27.2. The summed E-state index contributed by atoms with van der Waals surface area (Å²) in [5, 5.41) is 0. The summed E-state index contributed by atoms with van der Waals surface area (Å²) in [6.45, 7) is 13.0. The standard InChI is InChI=1S/C11H15N.C3H7.Al/c1-11(2,3)12-9-10-7-5-4-6-8-10;1-3-2;/h4-7H,9H2,1-3H3;3H,1-2H3;/q-1;;+1. The van der Waals surface area contributed by atoms with Crippen LogP contribution < -0.4 is 4.43 Å². The molecule has 0 unspecified atom stereocenters. The van der Waals surface area contributed by atoms with Gasteiger partial charge in [-0.3, -0.25) is 0 Å². The predicted octanol–water partition coefficient (Wildman–Crippen LogP) is 2.91. The first kappa shape index (κ1) is 12.2. The third kappa shape index (κ3) is 2.07. The van der Waals surface area contributed by atoms with Crippen LogP contribution in [-0.4, -0.2) is 23.8 Å². The van der Waals surface area contributed by atoms with Crippen LogP contribution in [0, 0.1) is 0 Å². The van der Waals surface area contributed by atoms with Crippen LogP contribution in [0.3, 0.4) is 0 Å². The van der Waals surface area contributed by atoms with Crippen molar-refractivity contribution in [1.29, 1.82) is 0 Å². The van der Waals surface area contributed by atoms with Crippen LogP contribution in [0.25, 0.3) is 0 Å². The van der Waals surface area contributed by atoms with Crippen LogP contribution >= 0.6 is 0 Å². The van der Waals surface area contributed by atoms with Gasteiger partial charge in [0.05, 0.1) is 0 Å². The topological polar surface area (TPSA) is 3.24 Å². The van der Waals surface area contributed by atoms with Gasteiger partial charge in [0.25, 0.3) is 0 Å². The highest BCUT2D eigenvalue weighted by Crippen LogP contribution is 2.29. The predicted molar refractivity (Wildman–Crippen MR) is 72.2 cm³/mol. The van der Waals surface area contributed by atoms with Gasteiger partial charge in [0.2, 0.25) is 0 Å². The second kappa shape index (κ2) is 4.18. The lowest BCUT2D eigenvalue weighted by atomic mass is 10.1. The molecule has 0 aliphatic carbocycles. The van der Waals surface area contributed by atoms with E-state index >= 15 is 0 Å². The number of nitrogens with zero attached hydrogens (tertiary/aromatic N) is 1. The molecule has 2 rings (SSSR count). The molecule has 2 heteroatoms. The minimum atomic E-state index is -0.959. The summed E-state index contributed by atoms with van der Waals surface area (Å²) in [6.07, 6.45) is 0. The summed E-state index contributed by atoms with van der Waals surface area (Å²) in [5.74, 6) is 0. The molecule has 0 spiro atoms. The minimum absolute atomic E-state index is 0.306. The SMILES string of the molecule is C[CH](C)[Al]1[c]2ccccc2C[N]1C(C)(C)C. The molecule has 0 amide bonds. The molecule has 1 aliphatic heterocycles. The van der Waals surface area contributed by atoms with Crippen LogP contribution in [0.5, 0.6) is 0 Å². The molecule has 86 valence electrons. The van der Waals surface area contributed by atoms with Gasteiger partial charge >= 0.3 is 14.4 Å². The summed E-state index contributed by atoms with van der Waals surface area (Å²) in [4.78, 5) is 0. The van der Waals surface area contributed by atoms with Crippen molar-refractivity contribution in [2.45, 2.75) is 51.5 Å². The van der Waals surface area contributed by atoms with E-state index in [9.17, 15) is 0 Å². The number of hydrogen-bond acceptors (Lipinski definition) is 1. The third-order valence-corrected chi connectivity index (χ3v) is 7.64. The van der Waals surface area contributed by atoms with E-state index in [4.69, 9.17) is 0 Å². The highest BCUT2D eigenvalue weighted by molar-refractivity contribution is 6.73. The normalized spacial score (nSPS) is 17.0. The van der Waals surface area contributed by atoms with Crippen molar-refractivity contribution in [2.24, 2.45) is 0 Å². The largest absolute Gasteiger partial charge is 0.417 e. The van der Waals surface area contributed by atoms with E-state index < -0.39 is 14.4 Å². The Morgan fingerprint density at radius 2 is 1.81 bits per heavy atom. The van der Waals surface area contributed by atoms with Crippen LogP contribution in [0.2, 0.25) is 4.78 Å². The third-order valence-electron chi connectivity index (χ3n) is 3.54. The van der Waals surface area contributed by atoms with Crippen LogP contribution in [0.15, 0.2) is 24.3 Å². The van der Waals surface area contributed by atoms with Crippen LogP contribution in [0.1, 0.15) is 40.2 Å². The van der Waals surface area contributed by atoms with Crippen molar-refractivity contribution in [3.05, 3.63) is 29.8 Å². The van der Waals surface area contributed by atoms with Crippen LogP contribution in [-0.2, 0) is 6.54 Å². The molecule has 1 heterocycles. The Bertz CT molecular complexity index is 379. The number of benzene rings is 1. The van der Waals surface area contributed by atoms with Crippen molar-refractivity contribution in [2.75, 3.05) is 0 Å². The van der Waals surface area contributed by atoms with Crippen molar-refractivity contribution >= 4 is 18.8 Å². The lowest BCUT2D eigenvalue weighted by Gasteiger charge is -2.37. The highest BCUT2D eigenvalue weighted by Gasteiger charge is 2.43. The van der Waals surface area contributed by atoms with Crippen molar-refractivity contribution in [3.63, 3.8) is 0 Å². The molecule has 1 nitrogen and oxygen atoms in total. The molecule has 1 aliphatic rings. The van der Waals surface area contributed by atoms with E-state index in [0.717, 1.165) is 11.3 Å². The molecular formula is C14H22AlN. The van der Waals surface area contributed by atoms with Crippen molar-refractivity contribution < 1.29 is 0 Å². The zero-order valence-corrected chi connectivity index (χ0v) is 12.3. The second-order valence-electron chi connectivity index (χ2n) is 6.19. The van der Waals surface area contributed by atoms with Gasteiger partial charge < -0.3 is 3.88 Å². The van der Waals surface area contributed by atoms with Gasteiger partial charge in [0.15, 0.2) is 0 Å². The van der Waals surface area contributed by atoms with Gasteiger partial charge in [0.1, 0.15) is 0 Å². The molecule has 0 fully saturated rings. The lowest BCUT2D eigenvalue weighted by Crippen LogP contribution is -2.52. The Labute approximate surface area is 104 Å². The molecular weight excluding hydrogens is 209 g/mol. The summed E-state index contributed by atoms with van der Waals surface area (Å²) in [7, 11) is 0. The molecule has 1 aromatic rings. The smallest absolute Gasteiger partial charge is 0.373 e. The Kier molecular flexibility index (Phi) is 3.18. The van der Waals surface area contributed by atoms with Crippen molar-refractivity contribution in [1.82, 2.24) is 3.88 Å². The molecule has 1 aromatic carbocycles. The molecule has 0 atom stereocenters. The van der Waals surface area contributed by atoms with E-state index in [1.165, 1.54) is 0 Å². The number of rotatable bonds is 1. The van der Waals surface area contributed by atoms with Gasteiger partial charge in [-0.05, 0) is 31.9 Å². The Morgan fingerprint density at radius 3 is 2.38 bits per heavy atom. The summed E-state index contributed by atoms with van der Waals surface area (Å²) in [6, 6.07) is 9.05. The molecule has 0 radical (unpaired) electrons. The zero-order chi connectivity index (χ0) is 11.9. The van der Waals surface area contributed by atoms with Gasteiger partial charge in [-0.15, -0.1) is 0 Å². The van der Waals surface area contributed by atoms with Gasteiger partial charge in [-0.1, -0.05) is 47.3 Å². The number of hydrogen-bond donors (Lipinski definition) is 0. The summed E-state index contributed by atoms with van der Waals surface area (Å²) in [5.41, 5.74) is 1.88. The Hall–Kier alpha value is -0.288. The molecule has 0 N–H and O–H groups in total. The fourth-order valence-electron chi connectivity index (χ4n) is 2.79. The van der Waals surface area contributed by atoms with Crippen LogP contribution in [0.4, 0.5) is 0 Å². The monoisotopic (exact) mass is 231 g/mol. The fraction of sp³-hybridized carbons (Fsp3) is 0.571. The number of fused-ring (bicyclic) bond motifs is 1. The van der Waals surface area contributed by atoms with Gasteiger partial charge in [0, 0.05) is 6.54 Å². The Morgan fingerprint density at radius 1 is 1.19 bits per heavy atom. The first-order chi connectivity index (χ1) is 7.41. The summed E-state index contributed by atoms with van der Waals surface area (Å²) < 4.78 is 5.25. The van der Waals surface area contributed by atoms with E-state index in [1.54, 1.807) is 9.99 Å². The molecule has 0 aromatic heterocycles. The van der Waals surface area contributed by atoms with Gasteiger partial charge in [-0.2, -0.15) is 0 Å². The maximum atomic E-state index is 2.77. The lowest BCUT2D eigenvalue weighted by molar-refractivity contribution is 0.247. The molecule has 0 saturated carbocycles. The first-order valence-corrected chi connectivity index (χ1v) is 8.02. The van der Waals surface area contributed by atoms with Gasteiger partial charge in [-0.25, -0.2) is 0 Å². The molecule has 0 bridgehead atoms. The van der Waals surface area contributed by atoms with E-state index in [1.807, 2.05) is 0 Å². The molecule has 16 heavy (non-hydrogen) atoms. The van der Waals surface area contributed by atoms with E-state index in [2.05, 4.69) is 62.8 Å². The molecule has 0 saturated heterocycles. The zero-order valence-electron chi connectivity index (χ0n) is 11.1. The van der Waals surface area contributed by atoms with E-state index in [-0.39, 0.29) is 0 Å².